The molecule has 0 bridgehead atoms. The number of rotatable bonds is 7. The van der Waals surface area contributed by atoms with Gasteiger partial charge in [-0.1, -0.05) is 26.7 Å². The molecule has 0 saturated heterocycles. The molecule has 0 unspecified atom stereocenters. The van der Waals surface area contributed by atoms with Gasteiger partial charge in [0.05, 0.1) is 11.1 Å². The Morgan fingerprint density at radius 3 is 2.00 bits per heavy atom. The fourth-order valence-electron chi connectivity index (χ4n) is 1.99. The second-order valence-corrected chi connectivity index (χ2v) is 4.65. The molecule has 0 aliphatic heterocycles. The van der Waals surface area contributed by atoms with Crippen LogP contribution in [0.2, 0.25) is 0 Å². The topological polar surface area (TPSA) is 50.8 Å². The van der Waals surface area contributed by atoms with Crippen molar-refractivity contribution in [3.63, 3.8) is 0 Å². The van der Waals surface area contributed by atoms with Gasteiger partial charge in [0.1, 0.15) is 12.1 Å². The van der Waals surface area contributed by atoms with Crippen LogP contribution in [0.25, 0.3) is 0 Å². The van der Waals surface area contributed by atoms with Crippen LogP contribution in [0.4, 0.5) is 5.69 Å². The Balaban J connectivity index is 2.95. The third kappa shape index (κ3) is 4.30. The molecule has 1 aromatic carbocycles. The molecule has 1 aromatic rings. The zero-order valence-electron chi connectivity index (χ0n) is 11.8. The van der Waals surface area contributed by atoms with E-state index in [0.717, 1.165) is 44.5 Å². The summed E-state index contributed by atoms with van der Waals surface area (Å²) in [5, 5.41) is 18.0. The van der Waals surface area contributed by atoms with Gasteiger partial charge >= 0.3 is 0 Å². The average molecular weight is 255 g/mol. The van der Waals surface area contributed by atoms with Crippen molar-refractivity contribution >= 4 is 5.69 Å². The van der Waals surface area contributed by atoms with Gasteiger partial charge < -0.3 is 4.90 Å². The Kier molecular flexibility index (Phi) is 6.47. The van der Waals surface area contributed by atoms with E-state index in [-0.39, 0.29) is 0 Å². The highest BCUT2D eigenvalue weighted by molar-refractivity contribution is 5.57. The molecule has 3 heteroatoms. The quantitative estimate of drug-likeness (QED) is 0.743. The second kappa shape index (κ2) is 8.16. The number of benzene rings is 1. The molecule has 0 atom stereocenters. The highest BCUT2D eigenvalue weighted by Crippen LogP contribution is 2.20. The third-order valence-electron chi connectivity index (χ3n) is 3.17. The molecule has 0 saturated carbocycles. The van der Waals surface area contributed by atoms with E-state index in [1.807, 2.05) is 12.1 Å². The lowest BCUT2D eigenvalue weighted by Gasteiger charge is -2.25. The largest absolute Gasteiger partial charge is 0.372 e. The highest BCUT2D eigenvalue weighted by Gasteiger charge is 2.09. The lowest BCUT2D eigenvalue weighted by atomic mass is 10.1. The monoisotopic (exact) mass is 255 g/mol. The van der Waals surface area contributed by atoms with Gasteiger partial charge in [-0.2, -0.15) is 10.5 Å². The first-order valence-electron chi connectivity index (χ1n) is 6.96. The Bertz CT molecular complexity index is 472. The van der Waals surface area contributed by atoms with E-state index in [0.29, 0.717) is 11.1 Å². The molecule has 1 rings (SSSR count). The van der Waals surface area contributed by atoms with Crippen LogP contribution in [0.3, 0.4) is 0 Å². The Labute approximate surface area is 116 Å². The number of hydrogen-bond acceptors (Lipinski definition) is 3. The van der Waals surface area contributed by atoms with Crippen LogP contribution in [0.5, 0.6) is 0 Å². The van der Waals surface area contributed by atoms with Gasteiger partial charge in [0, 0.05) is 18.8 Å². The fourth-order valence-corrected chi connectivity index (χ4v) is 1.99. The molecule has 100 valence electrons. The fraction of sp³-hybridized carbons (Fsp3) is 0.500. The van der Waals surface area contributed by atoms with E-state index in [9.17, 15) is 0 Å². The molecule has 0 aromatic heterocycles. The van der Waals surface area contributed by atoms with Crippen LogP contribution in [0.15, 0.2) is 18.2 Å². The Morgan fingerprint density at radius 2 is 1.53 bits per heavy atom. The van der Waals surface area contributed by atoms with Crippen molar-refractivity contribution in [2.45, 2.75) is 39.5 Å². The summed E-state index contributed by atoms with van der Waals surface area (Å²) in [6, 6.07) is 9.70. The molecule has 0 amide bonds. The van der Waals surface area contributed by atoms with Gasteiger partial charge in [-0.05, 0) is 31.0 Å². The average Bonchev–Trinajstić information content (AvgIpc) is 2.46. The number of anilines is 1. The molecular formula is C16H21N3. The summed E-state index contributed by atoms with van der Waals surface area (Å²) in [5.74, 6) is 0. The van der Waals surface area contributed by atoms with E-state index in [1.54, 1.807) is 6.07 Å². The van der Waals surface area contributed by atoms with Crippen LogP contribution in [-0.2, 0) is 0 Å². The van der Waals surface area contributed by atoms with Gasteiger partial charge in [-0.3, -0.25) is 0 Å². The van der Waals surface area contributed by atoms with Crippen LogP contribution >= 0.6 is 0 Å². The number of nitriles is 2. The first-order valence-corrected chi connectivity index (χ1v) is 6.96. The van der Waals surface area contributed by atoms with Crippen LogP contribution in [0, 0.1) is 22.7 Å². The minimum absolute atomic E-state index is 0.456. The molecule has 19 heavy (non-hydrogen) atoms. The normalized spacial score (nSPS) is 9.68. The summed E-state index contributed by atoms with van der Waals surface area (Å²) in [7, 11) is 0. The summed E-state index contributed by atoms with van der Waals surface area (Å²) < 4.78 is 0. The minimum atomic E-state index is 0.456. The molecule has 0 aliphatic carbocycles. The zero-order chi connectivity index (χ0) is 14.1. The number of unbranched alkanes of at least 4 members (excludes halogenated alkanes) is 2. The van der Waals surface area contributed by atoms with Crippen molar-refractivity contribution < 1.29 is 0 Å². The third-order valence-corrected chi connectivity index (χ3v) is 3.17. The standard InChI is InChI=1S/C16H21N3/c1-3-5-9-19(10-6-4-2)16-8-7-14(12-17)15(11-16)13-18/h7-8,11H,3-6,9-10H2,1-2H3. The SMILES string of the molecule is CCCCN(CCCC)c1ccc(C#N)c(C#N)c1. The highest BCUT2D eigenvalue weighted by atomic mass is 15.1. The lowest BCUT2D eigenvalue weighted by Crippen LogP contribution is -2.25. The Morgan fingerprint density at radius 1 is 0.947 bits per heavy atom. The number of nitrogens with zero attached hydrogens (tertiary/aromatic N) is 3. The van der Waals surface area contributed by atoms with Crippen molar-refractivity contribution in [3.8, 4) is 12.1 Å². The van der Waals surface area contributed by atoms with E-state index < -0.39 is 0 Å². The summed E-state index contributed by atoms with van der Waals surface area (Å²) in [6.07, 6.45) is 4.60. The summed E-state index contributed by atoms with van der Waals surface area (Å²) in [4.78, 5) is 2.31. The van der Waals surface area contributed by atoms with E-state index in [1.165, 1.54) is 0 Å². The van der Waals surface area contributed by atoms with Crippen molar-refractivity contribution in [2.24, 2.45) is 0 Å². The molecule has 0 spiro atoms. The Hall–Kier alpha value is -2.00. The summed E-state index contributed by atoms with van der Waals surface area (Å²) in [5.41, 5.74) is 1.98. The number of hydrogen-bond donors (Lipinski definition) is 0. The maximum Gasteiger partial charge on any atom is 0.101 e. The second-order valence-electron chi connectivity index (χ2n) is 4.65. The van der Waals surface area contributed by atoms with Gasteiger partial charge in [0.2, 0.25) is 0 Å². The molecule has 3 nitrogen and oxygen atoms in total. The van der Waals surface area contributed by atoms with E-state index in [4.69, 9.17) is 10.5 Å². The van der Waals surface area contributed by atoms with Gasteiger partial charge in [0.25, 0.3) is 0 Å². The minimum Gasteiger partial charge on any atom is -0.372 e. The van der Waals surface area contributed by atoms with E-state index in [2.05, 4.69) is 30.9 Å². The molecule has 0 radical (unpaired) electrons. The van der Waals surface area contributed by atoms with Crippen LogP contribution in [0.1, 0.15) is 50.7 Å². The van der Waals surface area contributed by atoms with E-state index >= 15 is 0 Å². The van der Waals surface area contributed by atoms with Crippen molar-refractivity contribution in [1.82, 2.24) is 0 Å². The van der Waals surface area contributed by atoms with Crippen LogP contribution < -0.4 is 4.90 Å². The summed E-state index contributed by atoms with van der Waals surface area (Å²) >= 11 is 0. The predicted octanol–water partition coefficient (Wildman–Crippen LogP) is 3.84. The van der Waals surface area contributed by atoms with Crippen LogP contribution in [-0.4, -0.2) is 13.1 Å². The van der Waals surface area contributed by atoms with Crippen molar-refractivity contribution in [1.29, 1.82) is 10.5 Å². The van der Waals surface area contributed by atoms with Gasteiger partial charge in [-0.25, -0.2) is 0 Å². The predicted molar refractivity (Wildman–Crippen MR) is 77.9 cm³/mol. The summed E-state index contributed by atoms with van der Waals surface area (Å²) in [6.45, 7) is 6.37. The maximum absolute atomic E-state index is 9.09. The van der Waals surface area contributed by atoms with Crippen molar-refractivity contribution in [3.05, 3.63) is 29.3 Å². The maximum atomic E-state index is 9.09. The first kappa shape index (κ1) is 15.1. The first-order chi connectivity index (χ1) is 9.26. The van der Waals surface area contributed by atoms with Gasteiger partial charge in [-0.15, -0.1) is 0 Å². The lowest BCUT2D eigenvalue weighted by molar-refractivity contribution is 0.678. The zero-order valence-corrected chi connectivity index (χ0v) is 11.8. The molecular weight excluding hydrogens is 234 g/mol. The molecule has 0 N–H and O–H groups in total. The van der Waals surface area contributed by atoms with Crippen molar-refractivity contribution in [2.75, 3.05) is 18.0 Å². The smallest absolute Gasteiger partial charge is 0.101 e. The van der Waals surface area contributed by atoms with Gasteiger partial charge in [0.15, 0.2) is 0 Å². The molecule has 0 heterocycles. The molecule has 0 fully saturated rings. The molecule has 0 aliphatic rings.